The molecule has 0 spiro atoms. The maximum Gasteiger partial charge on any atom is 0.240 e. The van der Waals surface area contributed by atoms with E-state index in [9.17, 15) is 4.79 Å². The fourth-order valence-electron chi connectivity index (χ4n) is 2.63. The molecule has 1 N–H and O–H groups in total. The van der Waals surface area contributed by atoms with Gasteiger partial charge in [0, 0.05) is 6.54 Å². The Morgan fingerprint density at radius 1 is 1.56 bits per heavy atom. The lowest BCUT2D eigenvalue weighted by Gasteiger charge is -2.39. The summed E-state index contributed by atoms with van der Waals surface area (Å²) in [6, 6.07) is 10.2. The summed E-state index contributed by atoms with van der Waals surface area (Å²) in [7, 11) is 0. The van der Waals surface area contributed by atoms with Crippen LogP contribution in [-0.2, 0) is 11.3 Å². The average Bonchev–Trinajstić information content (AvgIpc) is 2.32. The first-order valence-electron chi connectivity index (χ1n) is 6.31. The van der Waals surface area contributed by atoms with Crippen molar-refractivity contribution in [2.45, 2.75) is 33.2 Å². The molecule has 0 aromatic heterocycles. The van der Waals surface area contributed by atoms with Crippen molar-refractivity contribution in [3.8, 4) is 6.07 Å². The highest BCUT2D eigenvalue weighted by Gasteiger charge is 2.48. The van der Waals surface area contributed by atoms with Gasteiger partial charge in [-0.05, 0) is 31.2 Å². The molecule has 1 aliphatic rings. The molecule has 0 aliphatic heterocycles. The fourth-order valence-corrected chi connectivity index (χ4v) is 2.63. The average molecular weight is 242 g/mol. The van der Waals surface area contributed by atoms with Crippen molar-refractivity contribution in [2.75, 3.05) is 0 Å². The maximum absolute atomic E-state index is 12.0. The molecule has 0 heterocycles. The molecule has 94 valence electrons. The summed E-state index contributed by atoms with van der Waals surface area (Å²) in [5.41, 5.74) is 1.47. The zero-order valence-corrected chi connectivity index (χ0v) is 10.9. The quantitative estimate of drug-likeness (QED) is 0.885. The van der Waals surface area contributed by atoms with E-state index in [0.29, 0.717) is 25.3 Å². The summed E-state index contributed by atoms with van der Waals surface area (Å²) < 4.78 is 0. The molecular formula is C15H18N2O. The molecule has 1 saturated carbocycles. The Kier molecular flexibility index (Phi) is 3.38. The molecule has 1 amide bonds. The van der Waals surface area contributed by atoms with Gasteiger partial charge in [-0.3, -0.25) is 4.79 Å². The molecule has 0 unspecified atom stereocenters. The van der Waals surface area contributed by atoms with Crippen molar-refractivity contribution in [2.24, 2.45) is 11.3 Å². The van der Waals surface area contributed by atoms with E-state index in [1.807, 2.05) is 31.2 Å². The molecule has 2 rings (SSSR count). The fraction of sp³-hybridized carbons (Fsp3) is 0.467. The molecule has 3 heteroatoms. The van der Waals surface area contributed by atoms with Crippen LogP contribution in [0.2, 0.25) is 0 Å². The van der Waals surface area contributed by atoms with Gasteiger partial charge in [0.1, 0.15) is 5.41 Å². The summed E-state index contributed by atoms with van der Waals surface area (Å²) in [4.78, 5) is 12.0. The predicted molar refractivity (Wildman–Crippen MR) is 69.5 cm³/mol. The van der Waals surface area contributed by atoms with Crippen molar-refractivity contribution >= 4 is 5.91 Å². The van der Waals surface area contributed by atoms with Crippen LogP contribution in [-0.4, -0.2) is 5.91 Å². The van der Waals surface area contributed by atoms with Gasteiger partial charge in [-0.1, -0.05) is 36.8 Å². The van der Waals surface area contributed by atoms with Gasteiger partial charge in [0.25, 0.3) is 0 Å². The standard InChI is InChI=1S/C15H18N2O/c1-11-4-3-5-13(6-11)9-17-14(18)15(10-16)7-12(2)8-15/h3-6,12H,7-9H2,1-2H3,(H,17,18). The largest absolute Gasteiger partial charge is 0.351 e. The van der Waals surface area contributed by atoms with Crippen molar-refractivity contribution in [3.05, 3.63) is 35.4 Å². The third-order valence-corrected chi connectivity index (χ3v) is 3.58. The number of nitrogens with zero attached hydrogens (tertiary/aromatic N) is 1. The number of benzene rings is 1. The summed E-state index contributed by atoms with van der Waals surface area (Å²) >= 11 is 0. The van der Waals surface area contributed by atoms with E-state index in [1.54, 1.807) is 0 Å². The maximum atomic E-state index is 12.0. The minimum absolute atomic E-state index is 0.121. The molecule has 1 aliphatic carbocycles. The van der Waals surface area contributed by atoms with Crippen LogP contribution in [0, 0.1) is 29.6 Å². The van der Waals surface area contributed by atoms with Crippen LogP contribution in [0.4, 0.5) is 0 Å². The number of rotatable bonds is 3. The Bertz CT molecular complexity index is 495. The summed E-state index contributed by atoms with van der Waals surface area (Å²) in [5.74, 6) is 0.360. The predicted octanol–water partition coefficient (Wildman–Crippen LogP) is 2.55. The van der Waals surface area contributed by atoms with E-state index in [-0.39, 0.29) is 5.91 Å². The molecule has 3 nitrogen and oxygen atoms in total. The highest BCUT2D eigenvalue weighted by atomic mass is 16.2. The molecule has 1 fully saturated rings. The number of amides is 1. The number of carbonyl (C=O) groups excluding carboxylic acids is 1. The van der Waals surface area contributed by atoms with Gasteiger partial charge in [0.05, 0.1) is 6.07 Å². The van der Waals surface area contributed by atoms with Crippen LogP contribution < -0.4 is 5.32 Å². The zero-order valence-electron chi connectivity index (χ0n) is 10.9. The molecule has 1 aromatic carbocycles. The third-order valence-electron chi connectivity index (χ3n) is 3.58. The second-order valence-electron chi connectivity index (χ2n) is 5.38. The number of nitriles is 1. The smallest absolute Gasteiger partial charge is 0.240 e. The van der Waals surface area contributed by atoms with Gasteiger partial charge in [-0.25, -0.2) is 0 Å². The normalized spacial score (nSPS) is 25.9. The molecule has 0 radical (unpaired) electrons. The van der Waals surface area contributed by atoms with Crippen LogP contribution in [0.1, 0.15) is 30.9 Å². The number of aryl methyl sites for hydroxylation is 1. The third kappa shape index (κ3) is 2.38. The first-order valence-corrected chi connectivity index (χ1v) is 6.31. The SMILES string of the molecule is Cc1cccc(CNC(=O)C2(C#N)CC(C)C2)c1. The summed E-state index contributed by atoms with van der Waals surface area (Å²) in [5, 5.41) is 12.0. The van der Waals surface area contributed by atoms with E-state index in [1.165, 1.54) is 5.56 Å². The van der Waals surface area contributed by atoms with Crippen molar-refractivity contribution in [3.63, 3.8) is 0 Å². The van der Waals surface area contributed by atoms with Gasteiger partial charge in [0.2, 0.25) is 5.91 Å². The molecular weight excluding hydrogens is 224 g/mol. The van der Waals surface area contributed by atoms with Crippen LogP contribution in [0.3, 0.4) is 0 Å². The van der Waals surface area contributed by atoms with Gasteiger partial charge in [0.15, 0.2) is 0 Å². The molecule has 0 atom stereocenters. The number of hydrogen-bond donors (Lipinski definition) is 1. The minimum Gasteiger partial charge on any atom is -0.351 e. The molecule has 0 bridgehead atoms. The monoisotopic (exact) mass is 242 g/mol. The summed E-state index contributed by atoms with van der Waals surface area (Å²) in [6.07, 6.45) is 1.37. The Labute approximate surface area is 108 Å². The Hall–Kier alpha value is -1.82. The van der Waals surface area contributed by atoms with Gasteiger partial charge >= 0.3 is 0 Å². The first-order chi connectivity index (χ1) is 8.55. The highest BCUT2D eigenvalue weighted by molar-refractivity contribution is 5.86. The van der Waals surface area contributed by atoms with E-state index in [0.717, 1.165) is 5.56 Å². The number of carbonyl (C=O) groups is 1. The zero-order chi connectivity index (χ0) is 13.2. The molecule has 0 saturated heterocycles. The summed E-state index contributed by atoms with van der Waals surface area (Å²) in [6.45, 7) is 4.59. The second-order valence-corrected chi connectivity index (χ2v) is 5.38. The van der Waals surface area contributed by atoms with E-state index in [2.05, 4.69) is 18.3 Å². The van der Waals surface area contributed by atoms with Crippen LogP contribution >= 0.6 is 0 Å². The lowest BCUT2D eigenvalue weighted by Crippen LogP contribution is -2.47. The first kappa shape index (κ1) is 12.6. The topological polar surface area (TPSA) is 52.9 Å². The van der Waals surface area contributed by atoms with E-state index < -0.39 is 5.41 Å². The molecule has 18 heavy (non-hydrogen) atoms. The minimum atomic E-state index is -0.775. The highest BCUT2D eigenvalue weighted by Crippen LogP contribution is 2.45. The lowest BCUT2D eigenvalue weighted by atomic mass is 9.63. The number of nitrogens with one attached hydrogen (secondary N) is 1. The Balaban J connectivity index is 1.95. The Morgan fingerprint density at radius 2 is 2.28 bits per heavy atom. The number of hydrogen-bond acceptors (Lipinski definition) is 2. The Morgan fingerprint density at radius 3 is 2.83 bits per heavy atom. The van der Waals surface area contributed by atoms with Gasteiger partial charge < -0.3 is 5.32 Å². The second kappa shape index (κ2) is 4.81. The lowest BCUT2D eigenvalue weighted by molar-refractivity contribution is -0.134. The van der Waals surface area contributed by atoms with Crippen molar-refractivity contribution in [1.82, 2.24) is 5.32 Å². The van der Waals surface area contributed by atoms with Crippen molar-refractivity contribution in [1.29, 1.82) is 5.26 Å². The van der Waals surface area contributed by atoms with E-state index in [4.69, 9.17) is 5.26 Å². The van der Waals surface area contributed by atoms with Crippen LogP contribution in [0.25, 0.3) is 0 Å². The van der Waals surface area contributed by atoms with Crippen molar-refractivity contribution < 1.29 is 4.79 Å². The van der Waals surface area contributed by atoms with Gasteiger partial charge in [-0.2, -0.15) is 5.26 Å². The van der Waals surface area contributed by atoms with Gasteiger partial charge in [-0.15, -0.1) is 0 Å². The van der Waals surface area contributed by atoms with E-state index >= 15 is 0 Å². The van der Waals surface area contributed by atoms with Crippen LogP contribution in [0.15, 0.2) is 24.3 Å². The molecule has 1 aromatic rings. The van der Waals surface area contributed by atoms with Crippen LogP contribution in [0.5, 0.6) is 0 Å².